The number of halogens is 1. The third-order valence-electron chi connectivity index (χ3n) is 1.82. The monoisotopic (exact) mass is 213 g/mol. The van der Waals surface area contributed by atoms with Crippen LogP contribution in [0.4, 0.5) is 5.69 Å². The predicted octanol–water partition coefficient (Wildman–Crippen LogP) is 2.52. The molecular weight excluding hydrogens is 202 g/mol. The summed E-state index contributed by atoms with van der Waals surface area (Å²) in [6.07, 6.45) is 0. The summed E-state index contributed by atoms with van der Waals surface area (Å²) in [4.78, 5) is 11.2. The summed E-state index contributed by atoms with van der Waals surface area (Å²) in [5.74, 6) is 0.294. The standard InChI is InChI=1S/C10H12ClNO2/c1-3-14-10-8(11)5-4-7(6(2)13)9(10)12/h4-5H,3,12H2,1-2H3. The number of nitrogens with two attached hydrogens (primary N) is 1. The third kappa shape index (κ3) is 1.99. The minimum Gasteiger partial charge on any atom is -0.490 e. The Morgan fingerprint density at radius 1 is 1.57 bits per heavy atom. The van der Waals surface area contributed by atoms with Crippen LogP contribution in [0.5, 0.6) is 5.75 Å². The molecule has 0 aromatic heterocycles. The molecule has 0 bridgehead atoms. The van der Waals surface area contributed by atoms with E-state index in [1.54, 1.807) is 12.1 Å². The first-order valence-electron chi connectivity index (χ1n) is 4.29. The highest BCUT2D eigenvalue weighted by atomic mass is 35.5. The molecule has 1 rings (SSSR count). The zero-order valence-electron chi connectivity index (χ0n) is 8.13. The molecule has 0 heterocycles. The van der Waals surface area contributed by atoms with Crippen LogP contribution in [0.3, 0.4) is 0 Å². The Labute approximate surface area is 87.8 Å². The largest absolute Gasteiger partial charge is 0.490 e. The molecule has 1 aromatic rings. The Morgan fingerprint density at radius 2 is 2.21 bits per heavy atom. The van der Waals surface area contributed by atoms with Crippen molar-refractivity contribution < 1.29 is 9.53 Å². The summed E-state index contributed by atoms with van der Waals surface area (Å²) in [6, 6.07) is 3.21. The number of hydrogen-bond acceptors (Lipinski definition) is 3. The molecule has 76 valence electrons. The molecule has 0 aliphatic carbocycles. The average molecular weight is 214 g/mol. The molecule has 0 saturated heterocycles. The summed E-state index contributed by atoms with van der Waals surface area (Å²) >= 11 is 5.87. The van der Waals surface area contributed by atoms with Crippen molar-refractivity contribution in [2.75, 3.05) is 12.3 Å². The molecule has 0 saturated carbocycles. The molecule has 0 unspecified atom stereocenters. The van der Waals surface area contributed by atoms with Gasteiger partial charge in [0, 0.05) is 5.56 Å². The normalized spacial score (nSPS) is 9.93. The molecule has 0 radical (unpaired) electrons. The van der Waals surface area contributed by atoms with Gasteiger partial charge in [0.15, 0.2) is 11.5 Å². The molecule has 0 fully saturated rings. The highest BCUT2D eigenvalue weighted by Gasteiger charge is 2.13. The smallest absolute Gasteiger partial charge is 0.162 e. The number of Topliss-reactive ketones (excluding diaryl/α,β-unsaturated/α-hetero) is 1. The van der Waals surface area contributed by atoms with Crippen molar-refractivity contribution in [3.05, 3.63) is 22.7 Å². The molecule has 2 N–H and O–H groups in total. The van der Waals surface area contributed by atoms with Crippen molar-refractivity contribution in [3.8, 4) is 5.75 Å². The fourth-order valence-electron chi connectivity index (χ4n) is 1.17. The lowest BCUT2D eigenvalue weighted by molar-refractivity contribution is 0.101. The van der Waals surface area contributed by atoms with Gasteiger partial charge in [0.25, 0.3) is 0 Å². The minimum absolute atomic E-state index is 0.0971. The SMILES string of the molecule is CCOc1c(Cl)ccc(C(C)=O)c1N. The number of carbonyl (C=O) groups is 1. The van der Waals surface area contributed by atoms with E-state index in [0.29, 0.717) is 28.6 Å². The van der Waals surface area contributed by atoms with Crippen LogP contribution in [0.15, 0.2) is 12.1 Å². The second-order valence-corrected chi connectivity index (χ2v) is 3.23. The van der Waals surface area contributed by atoms with Gasteiger partial charge in [-0.3, -0.25) is 4.79 Å². The Bertz CT molecular complexity index is 363. The highest BCUT2D eigenvalue weighted by molar-refractivity contribution is 6.32. The molecule has 3 nitrogen and oxygen atoms in total. The first-order valence-corrected chi connectivity index (χ1v) is 4.67. The van der Waals surface area contributed by atoms with E-state index in [1.165, 1.54) is 6.92 Å². The molecule has 1 aromatic carbocycles. The van der Waals surface area contributed by atoms with Crippen LogP contribution in [0.25, 0.3) is 0 Å². The van der Waals surface area contributed by atoms with E-state index in [9.17, 15) is 4.79 Å². The van der Waals surface area contributed by atoms with Gasteiger partial charge in [0.2, 0.25) is 0 Å². The van der Waals surface area contributed by atoms with Crippen LogP contribution in [-0.2, 0) is 0 Å². The van der Waals surface area contributed by atoms with Crippen LogP contribution in [0, 0.1) is 0 Å². The number of carbonyl (C=O) groups excluding carboxylic acids is 1. The van der Waals surface area contributed by atoms with E-state index in [4.69, 9.17) is 22.1 Å². The molecule has 0 aliphatic rings. The number of anilines is 1. The lowest BCUT2D eigenvalue weighted by Crippen LogP contribution is -2.04. The lowest BCUT2D eigenvalue weighted by atomic mass is 10.1. The molecule has 14 heavy (non-hydrogen) atoms. The number of nitrogen functional groups attached to an aromatic ring is 1. The molecule has 4 heteroatoms. The lowest BCUT2D eigenvalue weighted by Gasteiger charge is -2.11. The Hall–Kier alpha value is -1.22. The second kappa shape index (κ2) is 4.33. The van der Waals surface area contributed by atoms with Gasteiger partial charge in [0.1, 0.15) is 0 Å². The molecular formula is C10H12ClNO2. The van der Waals surface area contributed by atoms with Crippen molar-refractivity contribution in [1.29, 1.82) is 0 Å². The maximum absolute atomic E-state index is 11.2. The quantitative estimate of drug-likeness (QED) is 0.620. The van der Waals surface area contributed by atoms with E-state index in [-0.39, 0.29) is 5.78 Å². The van der Waals surface area contributed by atoms with Gasteiger partial charge in [0.05, 0.1) is 17.3 Å². The van der Waals surface area contributed by atoms with Crippen LogP contribution >= 0.6 is 11.6 Å². The third-order valence-corrected chi connectivity index (χ3v) is 2.11. The predicted molar refractivity (Wildman–Crippen MR) is 57.0 cm³/mol. The maximum atomic E-state index is 11.2. The second-order valence-electron chi connectivity index (χ2n) is 2.83. The average Bonchev–Trinajstić information content (AvgIpc) is 2.11. The van der Waals surface area contributed by atoms with Crippen molar-refractivity contribution >= 4 is 23.1 Å². The van der Waals surface area contributed by atoms with Crippen molar-refractivity contribution in [2.45, 2.75) is 13.8 Å². The number of ether oxygens (including phenoxy) is 1. The van der Waals surface area contributed by atoms with Crippen LogP contribution < -0.4 is 10.5 Å². The first kappa shape index (κ1) is 10.9. The molecule has 0 atom stereocenters. The van der Waals surface area contributed by atoms with Gasteiger partial charge in [-0.1, -0.05) is 11.6 Å². The Kier molecular flexibility index (Phi) is 3.36. The van der Waals surface area contributed by atoms with E-state index in [2.05, 4.69) is 0 Å². The van der Waals surface area contributed by atoms with Gasteiger partial charge in [-0.25, -0.2) is 0 Å². The Morgan fingerprint density at radius 3 is 2.71 bits per heavy atom. The summed E-state index contributed by atoms with van der Waals surface area (Å²) in [6.45, 7) is 3.75. The van der Waals surface area contributed by atoms with Crippen LogP contribution in [-0.4, -0.2) is 12.4 Å². The van der Waals surface area contributed by atoms with E-state index >= 15 is 0 Å². The summed E-state index contributed by atoms with van der Waals surface area (Å²) in [7, 11) is 0. The van der Waals surface area contributed by atoms with Crippen molar-refractivity contribution in [1.82, 2.24) is 0 Å². The van der Waals surface area contributed by atoms with E-state index < -0.39 is 0 Å². The number of hydrogen-bond donors (Lipinski definition) is 1. The first-order chi connectivity index (χ1) is 6.57. The summed E-state index contributed by atoms with van der Waals surface area (Å²) < 4.78 is 5.25. The van der Waals surface area contributed by atoms with Crippen LogP contribution in [0.2, 0.25) is 5.02 Å². The number of rotatable bonds is 3. The summed E-state index contributed by atoms with van der Waals surface area (Å²) in [5.41, 5.74) is 6.50. The molecule has 0 spiro atoms. The zero-order chi connectivity index (χ0) is 10.7. The molecule has 0 amide bonds. The van der Waals surface area contributed by atoms with Crippen molar-refractivity contribution in [2.24, 2.45) is 0 Å². The maximum Gasteiger partial charge on any atom is 0.162 e. The summed E-state index contributed by atoms with van der Waals surface area (Å²) in [5, 5.41) is 0.425. The van der Waals surface area contributed by atoms with Crippen molar-refractivity contribution in [3.63, 3.8) is 0 Å². The van der Waals surface area contributed by atoms with Gasteiger partial charge >= 0.3 is 0 Å². The van der Waals surface area contributed by atoms with Gasteiger partial charge in [-0.05, 0) is 26.0 Å². The zero-order valence-corrected chi connectivity index (χ0v) is 8.89. The fraction of sp³-hybridized carbons (Fsp3) is 0.300. The van der Waals surface area contributed by atoms with Gasteiger partial charge < -0.3 is 10.5 Å². The Balaban J connectivity index is 3.26. The topological polar surface area (TPSA) is 52.3 Å². The number of ketones is 1. The van der Waals surface area contributed by atoms with Crippen LogP contribution in [0.1, 0.15) is 24.2 Å². The van der Waals surface area contributed by atoms with Gasteiger partial charge in [-0.15, -0.1) is 0 Å². The fourth-order valence-corrected chi connectivity index (χ4v) is 1.39. The van der Waals surface area contributed by atoms with E-state index in [0.717, 1.165) is 0 Å². The minimum atomic E-state index is -0.0971. The highest BCUT2D eigenvalue weighted by Crippen LogP contribution is 2.33. The molecule has 0 aliphatic heterocycles. The van der Waals surface area contributed by atoms with Gasteiger partial charge in [-0.2, -0.15) is 0 Å². The number of benzene rings is 1. The van der Waals surface area contributed by atoms with E-state index in [1.807, 2.05) is 6.92 Å².